The minimum absolute atomic E-state index is 0.440. The van der Waals surface area contributed by atoms with Crippen molar-refractivity contribution in [1.82, 2.24) is 4.98 Å². The molecule has 84 valence electrons. The molecule has 0 amide bonds. The van der Waals surface area contributed by atoms with Crippen molar-refractivity contribution in [2.45, 2.75) is 12.3 Å². The number of aromatic nitrogens is 1. The summed E-state index contributed by atoms with van der Waals surface area (Å²) in [7, 11) is 0. The Morgan fingerprint density at radius 3 is 2.88 bits per heavy atom. The molecule has 0 aliphatic heterocycles. The largest absolute Gasteiger partial charge is 0.492 e. The SMILES string of the molecule is ClCc1ccc(OCCc2cccs2)cn1. The first-order chi connectivity index (χ1) is 7.88. The molecule has 0 bridgehead atoms. The molecule has 0 atom stereocenters. The molecule has 0 aliphatic carbocycles. The smallest absolute Gasteiger partial charge is 0.137 e. The molecule has 0 aliphatic rings. The zero-order valence-corrected chi connectivity index (χ0v) is 10.3. The van der Waals surface area contributed by atoms with E-state index in [1.807, 2.05) is 12.1 Å². The molecular weight excluding hydrogens is 242 g/mol. The molecule has 0 saturated heterocycles. The van der Waals surface area contributed by atoms with E-state index in [4.69, 9.17) is 16.3 Å². The Balaban J connectivity index is 1.81. The monoisotopic (exact) mass is 253 g/mol. The first-order valence-electron chi connectivity index (χ1n) is 5.04. The van der Waals surface area contributed by atoms with Gasteiger partial charge in [-0.2, -0.15) is 0 Å². The van der Waals surface area contributed by atoms with Crippen molar-refractivity contribution < 1.29 is 4.74 Å². The van der Waals surface area contributed by atoms with Gasteiger partial charge in [0.25, 0.3) is 0 Å². The summed E-state index contributed by atoms with van der Waals surface area (Å²) >= 11 is 7.40. The average Bonchev–Trinajstić information content (AvgIpc) is 2.83. The standard InChI is InChI=1S/C12H12ClNOS/c13-8-10-3-4-11(9-14-10)15-6-5-12-2-1-7-16-12/h1-4,7,9H,5-6,8H2. The fourth-order valence-electron chi connectivity index (χ4n) is 1.30. The van der Waals surface area contributed by atoms with Crippen LogP contribution in [-0.4, -0.2) is 11.6 Å². The van der Waals surface area contributed by atoms with Crippen molar-refractivity contribution in [3.63, 3.8) is 0 Å². The molecule has 0 unspecified atom stereocenters. The fourth-order valence-corrected chi connectivity index (χ4v) is 2.15. The average molecular weight is 254 g/mol. The lowest BCUT2D eigenvalue weighted by Gasteiger charge is -2.04. The molecule has 0 spiro atoms. The minimum atomic E-state index is 0.440. The summed E-state index contributed by atoms with van der Waals surface area (Å²) in [4.78, 5) is 5.50. The van der Waals surface area contributed by atoms with Crippen LogP contribution in [0, 0.1) is 0 Å². The highest BCUT2D eigenvalue weighted by atomic mass is 35.5. The zero-order valence-electron chi connectivity index (χ0n) is 8.73. The number of alkyl halides is 1. The van der Waals surface area contributed by atoms with Gasteiger partial charge in [-0.3, -0.25) is 4.98 Å². The summed E-state index contributed by atoms with van der Waals surface area (Å²) in [5, 5.41) is 2.08. The van der Waals surface area contributed by atoms with E-state index in [0.717, 1.165) is 17.9 Å². The molecular formula is C12H12ClNOS. The van der Waals surface area contributed by atoms with Gasteiger partial charge in [0.2, 0.25) is 0 Å². The van der Waals surface area contributed by atoms with Crippen LogP contribution in [-0.2, 0) is 12.3 Å². The van der Waals surface area contributed by atoms with Gasteiger partial charge in [-0.1, -0.05) is 6.07 Å². The van der Waals surface area contributed by atoms with Gasteiger partial charge in [0.15, 0.2) is 0 Å². The van der Waals surface area contributed by atoms with Crippen LogP contribution in [0.25, 0.3) is 0 Å². The number of hydrogen-bond donors (Lipinski definition) is 0. The Morgan fingerprint density at radius 1 is 1.31 bits per heavy atom. The van der Waals surface area contributed by atoms with Crippen LogP contribution < -0.4 is 4.74 Å². The van der Waals surface area contributed by atoms with E-state index in [2.05, 4.69) is 22.5 Å². The van der Waals surface area contributed by atoms with Crippen LogP contribution in [0.5, 0.6) is 5.75 Å². The van der Waals surface area contributed by atoms with Crippen molar-refractivity contribution in [1.29, 1.82) is 0 Å². The number of pyridine rings is 1. The van der Waals surface area contributed by atoms with E-state index in [0.29, 0.717) is 12.5 Å². The molecule has 2 rings (SSSR count). The van der Waals surface area contributed by atoms with Crippen molar-refractivity contribution in [2.24, 2.45) is 0 Å². The molecule has 2 aromatic rings. The lowest BCUT2D eigenvalue weighted by Crippen LogP contribution is -2.00. The first kappa shape index (κ1) is 11.4. The van der Waals surface area contributed by atoms with Crippen LogP contribution in [0.15, 0.2) is 35.8 Å². The van der Waals surface area contributed by atoms with E-state index in [-0.39, 0.29) is 0 Å². The topological polar surface area (TPSA) is 22.1 Å². The van der Waals surface area contributed by atoms with Gasteiger partial charge in [-0.15, -0.1) is 22.9 Å². The van der Waals surface area contributed by atoms with Crippen LogP contribution in [0.2, 0.25) is 0 Å². The third kappa shape index (κ3) is 3.22. The summed E-state index contributed by atoms with van der Waals surface area (Å²) in [6, 6.07) is 7.95. The predicted molar refractivity (Wildman–Crippen MR) is 67.3 cm³/mol. The molecule has 2 aromatic heterocycles. The highest BCUT2D eigenvalue weighted by Crippen LogP contribution is 2.13. The van der Waals surface area contributed by atoms with Crippen LogP contribution in [0.4, 0.5) is 0 Å². The van der Waals surface area contributed by atoms with Crippen LogP contribution in [0.1, 0.15) is 10.6 Å². The highest BCUT2D eigenvalue weighted by molar-refractivity contribution is 7.09. The van der Waals surface area contributed by atoms with E-state index in [1.54, 1.807) is 17.5 Å². The Hall–Kier alpha value is -1.06. The van der Waals surface area contributed by atoms with Gasteiger partial charge in [0.1, 0.15) is 5.75 Å². The first-order valence-corrected chi connectivity index (χ1v) is 6.46. The van der Waals surface area contributed by atoms with Crippen molar-refractivity contribution >= 4 is 22.9 Å². The van der Waals surface area contributed by atoms with Gasteiger partial charge in [0.05, 0.1) is 24.4 Å². The van der Waals surface area contributed by atoms with Crippen molar-refractivity contribution in [3.05, 3.63) is 46.4 Å². The molecule has 4 heteroatoms. The van der Waals surface area contributed by atoms with Gasteiger partial charge in [0, 0.05) is 11.3 Å². The normalized spacial score (nSPS) is 10.3. The van der Waals surface area contributed by atoms with E-state index in [9.17, 15) is 0 Å². The van der Waals surface area contributed by atoms with Crippen molar-refractivity contribution in [3.8, 4) is 5.75 Å². The number of ether oxygens (including phenoxy) is 1. The molecule has 16 heavy (non-hydrogen) atoms. The lowest BCUT2D eigenvalue weighted by molar-refractivity contribution is 0.321. The third-order valence-corrected chi connectivity index (χ3v) is 3.34. The molecule has 0 aromatic carbocycles. The Kier molecular flexibility index (Phi) is 4.19. The molecule has 2 nitrogen and oxygen atoms in total. The Bertz CT molecular complexity index is 413. The zero-order chi connectivity index (χ0) is 11.2. The Morgan fingerprint density at radius 2 is 2.25 bits per heavy atom. The second-order valence-electron chi connectivity index (χ2n) is 3.30. The summed E-state index contributed by atoms with van der Waals surface area (Å²) < 4.78 is 5.58. The minimum Gasteiger partial charge on any atom is -0.492 e. The summed E-state index contributed by atoms with van der Waals surface area (Å²) in [6.07, 6.45) is 2.65. The maximum Gasteiger partial charge on any atom is 0.137 e. The molecule has 0 saturated carbocycles. The lowest BCUT2D eigenvalue weighted by atomic mass is 10.3. The van der Waals surface area contributed by atoms with Gasteiger partial charge in [-0.25, -0.2) is 0 Å². The number of halogens is 1. The fraction of sp³-hybridized carbons (Fsp3) is 0.250. The second-order valence-corrected chi connectivity index (χ2v) is 4.60. The van der Waals surface area contributed by atoms with Crippen molar-refractivity contribution in [2.75, 3.05) is 6.61 Å². The summed E-state index contributed by atoms with van der Waals surface area (Å²) in [5.41, 5.74) is 0.868. The number of nitrogens with zero attached hydrogens (tertiary/aromatic N) is 1. The summed E-state index contributed by atoms with van der Waals surface area (Å²) in [6.45, 7) is 0.683. The third-order valence-electron chi connectivity index (χ3n) is 2.13. The second kappa shape index (κ2) is 5.87. The van der Waals surface area contributed by atoms with Gasteiger partial charge < -0.3 is 4.74 Å². The quantitative estimate of drug-likeness (QED) is 0.761. The maximum atomic E-state index is 5.65. The molecule has 0 fully saturated rings. The summed E-state index contributed by atoms with van der Waals surface area (Å²) in [5.74, 6) is 1.24. The maximum absolute atomic E-state index is 5.65. The van der Waals surface area contributed by atoms with Gasteiger partial charge in [-0.05, 0) is 23.6 Å². The number of thiophene rings is 1. The predicted octanol–water partition coefficient (Wildman–Crippen LogP) is 3.50. The van der Waals surface area contributed by atoms with E-state index in [1.165, 1.54) is 4.88 Å². The van der Waals surface area contributed by atoms with Gasteiger partial charge >= 0.3 is 0 Å². The number of hydrogen-bond acceptors (Lipinski definition) is 3. The van der Waals surface area contributed by atoms with Crippen LogP contribution >= 0.6 is 22.9 Å². The highest BCUT2D eigenvalue weighted by Gasteiger charge is 1.97. The van der Waals surface area contributed by atoms with Crippen LogP contribution in [0.3, 0.4) is 0 Å². The van der Waals surface area contributed by atoms with E-state index >= 15 is 0 Å². The number of rotatable bonds is 5. The Labute approximate surface area is 104 Å². The van der Waals surface area contributed by atoms with E-state index < -0.39 is 0 Å². The molecule has 0 N–H and O–H groups in total. The molecule has 0 radical (unpaired) electrons. The molecule has 2 heterocycles.